The van der Waals surface area contributed by atoms with Crippen LogP contribution in [0.15, 0.2) is 37.1 Å². The third-order valence-electron chi connectivity index (χ3n) is 3.61. The Bertz CT molecular complexity index is 600. The Morgan fingerprint density at radius 2 is 1.82 bits per heavy atom. The number of aromatic nitrogens is 4. The van der Waals surface area contributed by atoms with Gasteiger partial charge in [0, 0.05) is 30.8 Å². The van der Waals surface area contributed by atoms with Gasteiger partial charge in [-0.25, -0.2) is 15.0 Å². The Labute approximate surface area is 128 Å². The molecule has 0 atom stereocenters. The average molecular weight is 299 g/mol. The van der Waals surface area contributed by atoms with Gasteiger partial charge in [-0.2, -0.15) is 0 Å². The van der Waals surface area contributed by atoms with Crippen molar-refractivity contribution >= 4 is 5.91 Å². The molecule has 114 valence electrons. The summed E-state index contributed by atoms with van der Waals surface area (Å²) in [6.45, 7) is 0. The van der Waals surface area contributed by atoms with Gasteiger partial charge in [-0.3, -0.25) is 9.78 Å². The smallest absolute Gasteiger partial charge is 0.289 e. The van der Waals surface area contributed by atoms with Crippen LogP contribution in [0.5, 0.6) is 5.88 Å². The number of ether oxygens (including phenoxy) is 1. The van der Waals surface area contributed by atoms with Crippen LogP contribution in [-0.2, 0) is 0 Å². The van der Waals surface area contributed by atoms with Gasteiger partial charge >= 0.3 is 0 Å². The minimum Gasteiger partial charge on any atom is -0.473 e. The van der Waals surface area contributed by atoms with Crippen molar-refractivity contribution < 1.29 is 9.53 Å². The standard InChI is InChI=1S/C15H17N5O2/c21-15(14-18-6-1-7-19-14)20-11-2-4-12(5-3-11)22-13-10-16-8-9-17-13/h1,6-12H,2-5H2,(H,20,21). The molecular weight excluding hydrogens is 282 g/mol. The van der Waals surface area contributed by atoms with Gasteiger partial charge in [-0.05, 0) is 31.7 Å². The molecule has 0 unspecified atom stereocenters. The molecular formula is C15H17N5O2. The van der Waals surface area contributed by atoms with E-state index in [-0.39, 0.29) is 23.9 Å². The molecule has 0 saturated heterocycles. The molecule has 2 aromatic rings. The van der Waals surface area contributed by atoms with Crippen LogP contribution in [-0.4, -0.2) is 38.0 Å². The van der Waals surface area contributed by atoms with Gasteiger partial charge in [0.2, 0.25) is 11.7 Å². The summed E-state index contributed by atoms with van der Waals surface area (Å²) >= 11 is 0. The maximum absolute atomic E-state index is 12.0. The molecule has 1 N–H and O–H groups in total. The van der Waals surface area contributed by atoms with E-state index >= 15 is 0 Å². The van der Waals surface area contributed by atoms with Gasteiger partial charge in [-0.1, -0.05) is 0 Å². The molecule has 7 nitrogen and oxygen atoms in total. The molecule has 0 aromatic carbocycles. The molecule has 7 heteroatoms. The lowest BCUT2D eigenvalue weighted by Gasteiger charge is -2.28. The second-order valence-corrected chi connectivity index (χ2v) is 5.18. The van der Waals surface area contributed by atoms with Crippen LogP contribution >= 0.6 is 0 Å². The van der Waals surface area contributed by atoms with E-state index in [1.165, 1.54) is 0 Å². The second kappa shape index (κ2) is 6.93. The minimum absolute atomic E-state index is 0.123. The van der Waals surface area contributed by atoms with E-state index in [4.69, 9.17) is 4.74 Å². The quantitative estimate of drug-likeness (QED) is 0.917. The third kappa shape index (κ3) is 3.75. The minimum atomic E-state index is -0.223. The van der Waals surface area contributed by atoms with E-state index in [2.05, 4.69) is 25.3 Å². The van der Waals surface area contributed by atoms with Crippen LogP contribution in [0.2, 0.25) is 0 Å². The van der Waals surface area contributed by atoms with Crippen molar-refractivity contribution in [3.8, 4) is 5.88 Å². The maximum Gasteiger partial charge on any atom is 0.289 e. The predicted octanol–water partition coefficient (Wildman–Crippen LogP) is 1.39. The summed E-state index contributed by atoms with van der Waals surface area (Å²) in [6, 6.07) is 1.82. The van der Waals surface area contributed by atoms with Gasteiger partial charge in [0.1, 0.15) is 6.10 Å². The third-order valence-corrected chi connectivity index (χ3v) is 3.61. The lowest BCUT2D eigenvalue weighted by molar-refractivity contribution is 0.0879. The molecule has 22 heavy (non-hydrogen) atoms. The molecule has 2 heterocycles. The van der Waals surface area contributed by atoms with Crippen molar-refractivity contribution in [3.05, 3.63) is 42.9 Å². The van der Waals surface area contributed by atoms with Crippen LogP contribution in [0.1, 0.15) is 36.3 Å². The van der Waals surface area contributed by atoms with E-state index in [0.29, 0.717) is 5.88 Å². The normalized spacial score (nSPS) is 21.1. The molecule has 1 fully saturated rings. The Hall–Kier alpha value is -2.57. The number of amides is 1. The van der Waals surface area contributed by atoms with E-state index in [1.54, 1.807) is 37.1 Å². The van der Waals surface area contributed by atoms with Crippen molar-refractivity contribution in [1.82, 2.24) is 25.3 Å². The molecule has 1 aliphatic rings. The predicted molar refractivity (Wildman–Crippen MR) is 78.2 cm³/mol. The molecule has 0 spiro atoms. The van der Waals surface area contributed by atoms with Crippen LogP contribution in [0.3, 0.4) is 0 Å². The number of nitrogens with one attached hydrogen (secondary N) is 1. The first-order valence-electron chi connectivity index (χ1n) is 7.32. The molecule has 1 aliphatic carbocycles. The van der Waals surface area contributed by atoms with Gasteiger partial charge < -0.3 is 10.1 Å². The summed E-state index contributed by atoms with van der Waals surface area (Å²) in [5.41, 5.74) is 0. The van der Waals surface area contributed by atoms with E-state index < -0.39 is 0 Å². The summed E-state index contributed by atoms with van der Waals surface area (Å²) in [6.07, 6.45) is 11.6. The summed E-state index contributed by atoms with van der Waals surface area (Å²) in [4.78, 5) is 28.0. The summed E-state index contributed by atoms with van der Waals surface area (Å²) in [5.74, 6) is 0.534. The molecule has 0 aliphatic heterocycles. The number of rotatable bonds is 4. The van der Waals surface area contributed by atoms with Crippen molar-refractivity contribution in [2.75, 3.05) is 0 Å². The monoisotopic (exact) mass is 299 g/mol. The molecule has 1 amide bonds. The number of hydrogen-bond acceptors (Lipinski definition) is 6. The van der Waals surface area contributed by atoms with Gasteiger partial charge in [0.15, 0.2) is 0 Å². The molecule has 0 radical (unpaired) electrons. The Balaban J connectivity index is 1.47. The zero-order chi connectivity index (χ0) is 15.2. The second-order valence-electron chi connectivity index (χ2n) is 5.18. The van der Waals surface area contributed by atoms with Crippen LogP contribution in [0.4, 0.5) is 0 Å². The highest BCUT2D eigenvalue weighted by atomic mass is 16.5. The van der Waals surface area contributed by atoms with Crippen molar-refractivity contribution in [1.29, 1.82) is 0 Å². The zero-order valence-corrected chi connectivity index (χ0v) is 12.1. The fourth-order valence-corrected chi connectivity index (χ4v) is 2.51. The lowest BCUT2D eigenvalue weighted by Crippen LogP contribution is -2.40. The van der Waals surface area contributed by atoms with Crippen LogP contribution in [0, 0.1) is 0 Å². The van der Waals surface area contributed by atoms with E-state index in [0.717, 1.165) is 25.7 Å². The van der Waals surface area contributed by atoms with E-state index in [1.807, 2.05) is 0 Å². The van der Waals surface area contributed by atoms with Crippen molar-refractivity contribution in [3.63, 3.8) is 0 Å². The van der Waals surface area contributed by atoms with Crippen LogP contribution < -0.4 is 10.1 Å². The largest absolute Gasteiger partial charge is 0.473 e. The SMILES string of the molecule is O=C(NC1CCC(Oc2cnccn2)CC1)c1ncccn1. The highest BCUT2D eigenvalue weighted by molar-refractivity contribution is 5.90. The van der Waals surface area contributed by atoms with Gasteiger partial charge in [-0.15, -0.1) is 0 Å². The number of nitrogens with zero attached hydrogens (tertiary/aromatic N) is 4. The van der Waals surface area contributed by atoms with Crippen molar-refractivity contribution in [2.24, 2.45) is 0 Å². The lowest BCUT2D eigenvalue weighted by atomic mass is 9.93. The Morgan fingerprint density at radius 3 is 2.50 bits per heavy atom. The van der Waals surface area contributed by atoms with Crippen molar-refractivity contribution in [2.45, 2.75) is 37.8 Å². The summed E-state index contributed by atoms with van der Waals surface area (Å²) in [7, 11) is 0. The fraction of sp³-hybridized carbons (Fsp3) is 0.400. The molecule has 1 saturated carbocycles. The van der Waals surface area contributed by atoms with E-state index in [9.17, 15) is 4.79 Å². The zero-order valence-electron chi connectivity index (χ0n) is 12.1. The first-order valence-corrected chi connectivity index (χ1v) is 7.32. The van der Waals surface area contributed by atoms with Gasteiger partial charge in [0.25, 0.3) is 5.91 Å². The molecule has 3 rings (SSSR count). The Morgan fingerprint density at radius 1 is 1.05 bits per heavy atom. The highest BCUT2D eigenvalue weighted by Crippen LogP contribution is 2.22. The number of hydrogen-bond donors (Lipinski definition) is 1. The molecule has 2 aromatic heterocycles. The fourth-order valence-electron chi connectivity index (χ4n) is 2.51. The number of carbonyl (C=O) groups is 1. The molecule has 0 bridgehead atoms. The maximum atomic E-state index is 12.0. The number of carbonyl (C=O) groups excluding carboxylic acids is 1. The first-order chi connectivity index (χ1) is 10.8. The average Bonchev–Trinajstić information content (AvgIpc) is 2.58. The highest BCUT2D eigenvalue weighted by Gasteiger charge is 2.24. The van der Waals surface area contributed by atoms with Crippen LogP contribution in [0.25, 0.3) is 0 Å². The van der Waals surface area contributed by atoms with Gasteiger partial charge in [0.05, 0.1) is 6.20 Å². The summed E-state index contributed by atoms with van der Waals surface area (Å²) < 4.78 is 5.78. The summed E-state index contributed by atoms with van der Waals surface area (Å²) in [5, 5.41) is 2.97. The Kier molecular flexibility index (Phi) is 4.53. The topological polar surface area (TPSA) is 89.9 Å². The first kappa shape index (κ1) is 14.4.